The van der Waals surface area contributed by atoms with Crippen LogP contribution in [0.25, 0.3) is 16.6 Å². The van der Waals surface area contributed by atoms with Crippen LogP contribution in [-0.2, 0) is 7.05 Å². The fraction of sp³-hybridized carbons (Fsp3) is 0.103. The lowest BCUT2D eigenvalue weighted by Gasteiger charge is -2.13. The van der Waals surface area contributed by atoms with E-state index in [1.165, 1.54) is 51.7 Å². The average molecular weight is 577 g/mol. The van der Waals surface area contributed by atoms with Crippen molar-refractivity contribution in [3.8, 4) is 34.4 Å². The summed E-state index contributed by atoms with van der Waals surface area (Å²) >= 11 is 0. The Hall–Kier alpha value is -5.72. The molecule has 1 amide bonds. The molecule has 0 aliphatic rings. The van der Waals surface area contributed by atoms with Crippen molar-refractivity contribution < 1.29 is 32.5 Å². The highest BCUT2D eigenvalue weighted by Gasteiger charge is 2.18. The van der Waals surface area contributed by atoms with E-state index in [2.05, 4.69) is 10.3 Å². The minimum absolute atomic E-state index is 0.0639. The summed E-state index contributed by atoms with van der Waals surface area (Å²) in [6.07, 6.45) is 1.35. The van der Waals surface area contributed by atoms with E-state index < -0.39 is 34.7 Å². The number of amides is 1. The normalized spacial score (nSPS) is 10.8. The number of ether oxygens (including phenoxy) is 4. The SMILES string of the molecule is COc1cc2nccc(Oc3ccc(NC(=O)Oc4cn(C)c(=O)n(-c5ccc(F)cc5)c4=O)c(F)c3)c2cc1OC. The standard InChI is InChI=1S/C29H22F2N4O7/c1-34-15-26(27(36)35(29(34)38)17-6-4-16(30)5-7-17)42-28(37)33-21-9-8-18(12-20(21)31)41-23-10-11-32-22-14-25(40-3)24(39-2)13-19(22)23/h4-15H,1-3H3,(H,33,37). The van der Waals surface area contributed by atoms with E-state index in [9.17, 15) is 23.2 Å². The molecule has 0 spiro atoms. The number of methoxy groups -OCH3 is 2. The first-order valence-corrected chi connectivity index (χ1v) is 12.2. The Labute approximate surface area is 236 Å². The summed E-state index contributed by atoms with van der Waals surface area (Å²) in [5.41, 5.74) is -1.36. The Morgan fingerprint density at radius 1 is 0.881 bits per heavy atom. The van der Waals surface area contributed by atoms with Crippen molar-refractivity contribution in [2.45, 2.75) is 0 Å². The number of hydrogen-bond acceptors (Lipinski definition) is 8. The van der Waals surface area contributed by atoms with Gasteiger partial charge in [-0.15, -0.1) is 0 Å². The molecule has 42 heavy (non-hydrogen) atoms. The number of aromatic nitrogens is 3. The number of halogens is 2. The molecule has 13 heteroatoms. The summed E-state index contributed by atoms with van der Waals surface area (Å²) in [6.45, 7) is 0. The van der Waals surface area contributed by atoms with Crippen LogP contribution in [-0.4, -0.2) is 34.4 Å². The van der Waals surface area contributed by atoms with Gasteiger partial charge >= 0.3 is 17.3 Å². The summed E-state index contributed by atoms with van der Waals surface area (Å²) in [6, 6.07) is 13.3. The Morgan fingerprint density at radius 3 is 2.29 bits per heavy atom. The van der Waals surface area contributed by atoms with Crippen LogP contribution in [0, 0.1) is 11.6 Å². The number of fused-ring (bicyclic) bond motifs is 1. The van der Waals surface area contributed by atoms with Gasteiger partial charge in [-0.2, -0.15) is 0 Å². The molecule has 0 radical (unpaired) electrons. The van der Waals surface area contributed by atoms with Gasteiger partial charge in [0.25, 0.3) is 0 Å². The molecule has 11 nitrogen and oxygen atoms in total. The number of hydrogen-bond donors (Lipinski definition) is 1. The van der Waals surface area contributed by atoms with Gasteiger partial charge in [-0.25, -0.2) is 22.9 Å². The van der Waals surface area contributed by atoms with Gasteiger partial charge in [0.05, 0.1) is 37.3 Å². The number of rotatable bonds is 7. The zero-order chi connectivity index (χ0) is 30.0. The molecule has 0 unspecified atom stereocenters. The monoisotopic (exact) mass is 576 g/mol. The smallest absolute Gasteiger partial charge is 0.417 e. The number of carbonyl (C=O) groups is 1. The molecule has 0 bridgehead atoms. The highest BCUT2D eigenvalue weighted by atomic mass is 19.1. The Bertz CT molecular complexity index is 1940. The molecule has 2 heterocycles. The second-order valence-corrected chi connectivity index (χ2v) is 8.80. The first-order chi connectivity index (χ1) is 20.2. The molecular weight excluding hydrogens is 554 g/mol. The molecule has 5 rings (SSSR count). The van der Waals surface area contributed by atoms with Crippen molar-refractivity contribution in [1.29, 1.82) is 0 Å². The molecule has 1 N–H and O–H groups in total. The highest BCUT2D eigenvalue weighted by Crippen LogP contribution is 2.37. The van der Waals surface area contributed by atoms with Crippen LogP contribution in [0.2, 0.25) is 0 Å². The van der Waals surface area contributed by atoms with Gasteiger partial charge in [0.15, 0.2) is 17.3 Å². The maximum Gasteiger partial charge on any atom is 0.417 e. The van der Waals surface area contributed by atoms with Crippen molar-refractivity contribution in [2.75, 3.05) is 19.5 Å². The molecule has 0 atom stereocenters. The lowest BCUT2D eigenvalue weighted by molar-refractivity contribution is 0.213. The lowest BCUT2D eigenvalue weighted by Crippen LogP contribution is -2.38. The van der Waals surface area contributed by atoms with Crippen LogP contribution < -0.4 is 35.5 Å². The van der Waals surface area contributed by atoms with E-state index >= 15 is 0 Å². The van der Waals surface area contributed by atoms with Crippen LogP contribution in [0.1, 0.15) is 0 Å². The van der Waals surface area contributed by atoms with Crippen molar-refractivity contribution in [3.05, 3.63) is 106 Å². The quantitative estimate of drug-likeness (QED) is 0.294. The third-order valence-corrected chi connectivity index (χ3v) is 6.12. The van der Waals surface area contributed by atoms with E-state index in [1.807, 2.05) is 0 Å². The minimum atomic E-state index is -1.19. The summed E-state index contributed by atoms with van der Waals surface area (Å²) in [4.78, 5) is 42.3. The van der Waals surface area contributed by atoms with Gasteiger partial charge in [-0.3, -0.25) is 19.7 Å². The van der Waals surface area contributed by atoms with E-state index in [-0.39, 0.29) is 17.1 Å². The van der Waals surface area contributed by atoms with Gasteiger partial charge in [0, 0.05) is 30.8 Å². The van der Waals surface area contributed by atoms with Crippen molar-refractivity contribution >= 4 is 22.7 Å². The number of aryl methyl sites for hydroxylation is 1. The molecule has 2 aromatic heterocycles. The van der Waals surface area contributed by atoms with E-state index in [0.29, 0.717) is 32.7 Å². The Kier molecular flexibility index (Phi) is 7.56. The Morgan fingerprint density at radius 2 is 1.60 bits per heavy atom. The zero-order valence-electron chi connectivity index (χ0n) is 22.4. The maximum atomic E-state index is 15.0. The van der Waals surface area contributed by atoms with Crippen LogP contribution in [0.15, 0.2) is 82.6 Å². The molecule has 0 fully saturated rings. The van der Waals surface area contributed by atoms with Crippen molar-refractivity contribution in [3.63, 3.8) is 0 Å². The molecule has 0 saturated heterocycles. The highest BCUT2D eigenvalue weighted by molar-refractivity contribution is 5.89. The number of nitrogens with zero attached hydrogens (tertiary/aromatic N) is 3. The van der Waals surface area contributed by atoms with Crippen LogP contribution in [0.3, 0.4) is 0 Å². The van der Waals surface area contributed by atoms with Crippen LogP contribution >= 0.6 is 0 Å². The number of pyridine rings is 1. The predicted molar refractivity (Wildman–Crippen MR) is 148 cm³/mol. The van der Waals surface area contributed by atoms with E-state index in [0.717, 1.165) is 29.0 Å². The largest absolute Gasteiger partial charge is 0.493 e. The van der Waals surface area contributed by atoms with Gasteiger partial charge < -0.3 is 18.9 Å². The fourth-order valence-electron chi connectivity index (χ4n) is 4.09. The summed E-state index contributed by atoms with van der Waals surface area (Å²) in [7, 11) is 4.33. The van der Waals surface area contributed by atoms with Crippen molar-refractivity contribution in [2.24, 2.45) is 7.05 Å². The molecular formula is C29H22F2N4O7. The maximum absolute atomic E-state index is 15.0. The van der Waals surface area contributed by atoms with Gasteiger partial charge in [-0.05, 0) is 48.5 Å². The summed E-state index contributed by atoms with van der Waals surface area (Å²) in [5, 5.41) is 2.81. The molecule has 0 aliphatic carbocycles. The van der Waals surface area contributed by atoms with Gasteiger partial charge in [0.2, 0.25) is 5.75 Å². The van der Waals surface area contributed by atoms with Crippen LogP contribution in [0.5, 0.6) is 28.7 Å². The molecule has 5 aromatic rings. The number of carbonyl (C=O) groups excluding carboxylic acids is 1. The Balaban J connectivity index is 1.35. The van der Waals surface area contributed by atoms with E-state index in [4.69, 9.17) is 18.9 Å². The molecule has 0 saturated carbocycles. The van der Waals surface area contributed by atoms with E-state index in [1.54, 1.807) is 18.2 Å². The first-order valence-electron chi connectivity index (χ1n) is 12.2. The summed E-state index contributed by atoms with van der Waals surface area (Å²) < 4.78 is 51.6. The number of benzene rings is 3. The first kappa shape index (κ1) is 27.8. The number of anilines is 1. The minimum Gasteiger partial charge on any atom is -0.493 e. The molecule has 0 aliphatic heterocycles. The number of nitrogens with one attached hydrogen (secondary N) is 1. The third kappa shape index (κ3) is 5.47. The third-order valence-electron chi connectivity index (χ3n) is 6.12. The zero-order valence-corrected chi connectivity index (χ0v) is 22.4. The summed E-state index contributed by atoms with van der Waals surface area (Å²) in [5.74, 6) is -0.516. The van der Waals surface area contributed by atoms with Crippen LogP contribution in [0.4, 0.5) is 19.3 Å². The second kappa shape index (κ2) is 11.4. The topological polar surface area (TPSA) is 123 Å². The van der Waals surface area contributed by atoms with Gasteiger partial charge in [-0.1, -0.05) is 0 Å². The van der Waals surface area contributed by atoms with Crippen molar-refractivity contribution in [1.82, 2.24) is 14.1 Å². The fourth-order valence-corrected chi connectivity index (χ4v) is 4.09. The van der Waals surface area contributed by atoms with Gasteiger partial charge in [0.1, 0.15) is 17.3 Å². The average Bonchev–Trinajstić information content (AvgIpc) is 2.97. The molecule has 3 aromatic carbocycles. The lowest BCUT2D eigenvalue weighted by atomic mass is 10.2. The predicted octanol–water partition coefficient (Wildman–Crippen LogP) is 4.78. The molecule has 214 valence electrons. The second-order valence-electron chi connectivity index (χ2n) is 8.80.